The minimum Gasteiger partial charge on any atom is -0.490 e. The van der Waals surface area contributed by atoms with Crippen molar-refractivity contribution in [3.63, 3.8) is 0 Å². The van der Waals surface area contributed by atoms with Gasteiger partial charge in [0.2, 0.25) is 0 Å². The van der Waals surface area contributed by atoms with E-state index in [-0.39, 0.29) is 5.91 Å². The summed E-state index contributed by atoms with van der Waals surface area (Å²) >= 11 is 6.59. The number of carbonyl (C=O) groups excluding carboxylic acids is 1. The van der Waals surface area contributed by atoms with Crippen molar-refractivity contribution in [2.45, 2.75) is 27.7 Å². The first-order chi connectivity index (χ1) is 17.4. The Morgan fingerprint density at radius 3 is 2.39 bits per heavy atom. The number of hydrogen-bond acceptors (Lipinski definition) is 5. The number of anilines is 1. The van der Waals surface area contributed by atoms with Gasteiger partial charge in [-0.15, -0.1) is 0 Å². The molecule has 0 unspecified atom stereocenters. The molecule has 0 spiro atoms. The zero-order valence-corrected chi connectivity index (χ0v) is 21.6. The number of aryl methyl sites for hydroxylation is 2. The molecule has 0 saturated heterocycles. The summed E-state index contributed by atoms with van der Waals surface area (Å²) in [6, 6.07) is 18.9. The van der Waals surface area contributed by atoms with Gasteiger partial charge in [-0.1, -0.05) is 47.5 Å². The summed E-state index contributed by atoms with van der Waals surface area (Å²) in [5.74, 6) is 1.57. The van der Waals surface area contributed by atoms with E-state index >= 15 is 0 Å². The Morgan fingerprint density at radius 2 is 1.67 bits per heavy atom. The molecule has 0 saturated carbocycles. The van der Waals surface area contributed by atoms with Gasteiger partial charge in [-0.3, -0.25) is 4.79 Å². The first-order valence-corrected chi connectivity index (χ1v) is 12.2. The first-order valence-electron chi connectivity index (χ1n) is 11.8. The normalized spacial score (nSPS) is 14.2. The van der Waals surface area contributed by atoms with Gasteiger partial charge in [-0.2, -0.15) is 10.1 Å². The van der Waals surface area contributed by atoms with Crippen molar-refractivity contribution >= 4 is 35.0 Å². The van der Waals surface area contributed by atoms with Crippen molar-refractivity contribution in [2.75, 3.05) is 24.8 Å². The van der Waals surface area contributed by atoms with Crippen LogP contribution in [0.25, 0.3) is 6.08 Å². The first kappa shape index (κ1) is 25.3. The van der Waals surface area contributed by atoms with E-state index in [9.17, 15) is 4.79 Å². The molecule has 0 aromatic heterocycles. The number of hydrogen-bond donors (Lipinski definition) is 0. The van der Waals surface area contributed by atoms with Gasteiger partial charge in [0.15, 0.2) is 11.5 Å². The SMILES string of the molecule is CCOc1cc(/C=C2\C(=O)N(c3ccccc3)N=C2C)cc(Cl)c1OCCOc1ccc(C)cc1C. The van der Waals surface area contributed by atoms with Crippen LogP contribution in [-0.2, 0) is 4.79 Å². The highest BCUT2D eigenvalue weighted by Crippen LogP contribution is 2.38. The third-order valence-corrected chi connectivity index (χ3v) is 5.90. The summed E-state index contributed by atoms with van der Waals surface area (Å²) in [6.07, 6.45) is 1.77. The average molecular weight is 505 g/mol. The lowest BCUT2D eigenvalue weighted by molar-refractivity contribution is -0.114. The molecule has 1 heterocycles. The number of hydrazone groups is 1. The fourth-order valence-corrected chi connectivity index (χ4v) is 4.20. The summed E-state index contributed by atoms with van der Waals surface area (Å²) in [4.78, 5) is 13.1. The fraction of sp³-hybridized carbons (Fsp3) is 0.241. The molecule has 3 aromatic rings. The highest BCUT2D eigenvalue weighted by atomic mass is 35.5. The largest absolute Gasteiger partial charge is 0.490 e. The van der Waals surface area contributed by atoms with Crippen LogP contribution in [0, 0.1) is 13.8 Å². The third-order valence-electron chi connectivity index (χ3n) is 5.62. The van der Waals surface area contributed by atoms with Gasteiger partial charge in [0.05, 0.1) is 28.6 Å². The zero-order valence-electron chi connectivity index (χ0n) is 20.9. The number of benzene rings is 3. The summed E-state index contributed by atoms with van der Waals surface area (Å²) in [6.45, 7) is 8.86. The van der Waals surface area contributed by atoms with E-state index < -0.39 is 0 Å². The van der Waals surface area contributed by atoms with E-state index in [4.69, 9.17) is 25.8 Å². The molecule has 4 rings (SSSR count). The monoisotopic (exact) mass is 504 g/mol. The van der Waals surface area contributed by atoms with Crippen molar-refractivity contribution in [1.82, 2.24) is 0 Å². The standard InChI is InChI=1S/C29H29ClN2O4/c1-5-34-27-18-22(16-24-21(4)31-32(29(24)33)23-9-7-6-8-10-23)17-25(30)28(27)36-14-13-35-26-12-11-19(2)15-20(26)3/h6-12,15-18H,5,13-14H2,1-4H3/b24-16-. The van der Waals surface area contributed by atoms with E-state index in [1.807, 2.05) is 76.2 Å². The van der Waals surface area contributed by atoms with Crippen LogP contribution in [0.1, 0.15) is 30.5 Å². The molecule has 186 valence electrons. The van der Waals surface area contributed by atoms with Crippen molar-refractivity contribution in [1.29, 1.82) is 0 Å². The summed E-state index contributed by atoms with van der Waals surface area (Å²) in [7, 11) is 0. The Bertz CT molecular complexity index is 1320. The molecule has 0 bridgehead atoms. The Morgan fingerprint density at radius 1 is 0.917 bits per heavy atom. The molecule has 0 atom stereocenters. The van der Waals surface area contributed by atoms with E-state index in [0.29, 0.717) is 53.3 Å². The number of nitrogens with zero attached hydrogens (tertiary/aromatic N) is 2. The number of halogens is 1. The molecule has 0 fully saturated rings. The minimum absolute atomic E-state index is 0.198. The molecule has 1 aliphatic heterocycles. The van der Waals surface area contributed by atoms with Crippen LogP contribution in [0.5, 0.6) is 17.2 Å². The molecule has 1 aliphatic rings. The number of ether oxygens (including phenoxy) is 3. The maximum atomic E-state index is 13.1. The highest BCUT2D eigenvalue weighted by Gasteiger charge is 2.28. The summed E-state index contributed by atoms with van der Waals surface area (Å²) < 4.78 is 17.6. The molecule has 36 heavy (non-hydrogen) atoms. The van der Waals surface area contributed by atoms with Gasteiger partial charge in [-0.05, 0) is 75.2 Å². The Hall–Kier alpha value is -3.77. The zero-order chi connectivity index (χ0) is 25.7. The molecule has 0 N–H and O–H groups in total. The van der Waals surface area contributed by atoms with Crippen LogP contribution in [-0.4, -0.2) is 31.4 Å². The average Bonchev–Trinajstić information content (AvgIpc) is 3.13. The molecule has 1 amide bonds. The van der Waals surface area contributed by atoms with Crippen molar-refractivity contribution in [3.05, 3.63) is 87.9 Å². The van der Waals surface area contributed by atoms with Crippen LogP contribution >= 0.6 is 11.6 Å². The van der Waals surface area contributed by atoms with E-state index in [1.54, 1.807) is 12.1 Å². The lowest BCUT2D eigenvalue weighted by Gasteiger charge is -2.16. The van der Waals surface area contributed by atoms with Crippen molar-refractivity contribution in [3.8, 4) is 17.2 Å². The predicted octanol–water partition coefficient (Wildman–Crippen LogP) is 6.62. The smallest absolute Gasteiger partial charge is 0.280 e. The van der Waals surface area contributed by atoms with Crippen molar-refractivity contribution in [2.24, 2.45) is 5.10 Å². The van der Waals surface area contributed by atoms with Gasteiger partial charge < -0.3 is 14.2 Å². The van der Waals surface area contributed by atoms with Crippen LogP contribution in [0.4, 0.5) is 5.69 Å². The predicted molar refractivity (Wildman–Crippen MR) is 145 cm³/mol. The second kappa shape index (κ2) is 11.3. The summed E-state index contributed by atoms with van der Waals surface area (Å²) in [5.41, 5.74) is 4.81. The van der Waals surface area contributed by atoms with Crippen LogP contribution in [0.15, 0.2) is 71.3 Å². The van der Waals surface area contributed by atoms with Crippen LogP contribution in [0.3, 0.4) is 0 Å². The molecular weight excluding hydrogens is 476 g/mol. The summed E-state index contributed by atoms with van der Waals surface area (Å²) in [5, 5.41) is 6.22. The van der Waals surface area contributed by atoms with Gasteiger partial charge in [0.1, 0.15) is 19.0 Å². The van der Waals surface area contributed by atoms with Gasteiger partial charge in [0, 0.05) is 0 Å². The topological polar surface area (TPSA) is 60.4 Å². The second-order valence-corrected chi connectivity index (χ2v) is 8.83. The number of rotatable bonds is 9. The fourth-order valence-electron chi connectivity index (χ4n) is 3.93. The van der Waals surface area contributed by atoms with E-state index in [0.717, 1.165) is 16.9 Å². The maximum Gasteiger partial charge on any atom is 0.280 e. The van der Waals surface area contributed by atoms with Gasteiger partial charge in [-0.25, -0.2) is 0 Å². The molecule has 6 nitrogen and oxygen atoms in total. The maximum absolute atomic E-state index is 13.1. The molecule has 3 aromatic carbocycles. The van der Waals surface area contributed by atoms with Gasteiger partial charge in [0.25, 0.3) is 5.91 Å². The number of carbonyl (C=O) groups is 1. The molecule has 7 heteroatoms. The van der Waals surface area contributed by atoms with Crippen LogP contribution in [0.2, 0.25) is 5.02 Å². The molecular formula is C29H29ClN2O4. The minimum atomic E-state index is -0.198. The third kappa shape index (κ3) is 5.71. The van der Waals surface area contributed by atoms with E-state index in [1.165, 1.54) is 10.6 Å². The number of amides is 1. The van der Waals surface area contributed by atoms with Crippen LogP contribution < -0.4 is 19.2 Å². The molecule has 0 radical (unpaired) electrons. The Labute approximate surface area is 216 Å². The molecule has 0 aliphatic carbocycles. The second-order valence-electron chi connectivity index (χ2n) is 8.42. The quantitative estimate of drug-likeness (QED) is 0.243. The Kier molecular flexibility index (Phi) is 7.96. The van der Waals surface area contributed by atoms with Crippen molar-refractivity contribution < 1.29 is 19.0 Å². The lowest BCUT2D eigenvalue weighted by Crippen LogP contribution is -2.21. The highest BCUT2D eigenvalue weighted by molar-refractivity contribution is 6.33. The van der Waals surface area contributed by atoms with E-state index in [2.05, 4.69) is 11.2 Å². The Balaban J connectivity index is 1.49. The lowest BCUT2D eigenvalue weighted by atomic mass is 10.1. The number of para-hydroxylation sites is 1. The van der Waals surface area contributed by atoms with Gasteiger partial charge >= 0.3 is 0 Å².